The van der Waals surface area contributed by atoms with E-state index in [0.29, 0.717) is 30.0 Å². The van der Waals surface area contributed by atoms with Crippen LogP contribution in [0.2, 0.25) is 0 Å². The quantitative estimate of drug-likeness (QED) is 0.320. The fourth-order valence-electron chi connectivity index (χ4n) is 3.80. The van der Waals surface area contributed by atoms with Gasteiger partial charge in [-0.3, -0.25) is 9.89 Å². The number of benzene rings is 2. The third-order valence-electron chi connectivity index (χ3n) is 5.43. The van der Waals surface area contributed by atoms with Gasteiger partial charge in [0.2, 0.25) is 6.54 Å². The Hall–Kier alpha value is -4.64. The van der Waals surface area contributed by atoms with Crippen LogP contribution in [0.5, 0.6) is 0 Å². The Balaban J connectivity index is 1.47. The Kier molecular flexibility index (Phi) is 4.76. The highest BCUT2D eigenvalue weighted by molar-refractivity contribution is 6.08. The molecule has 3 aromatic heterocycles. The summed E-state index contributed by atoms with van der Waals surface area (Å²) in [5.74, 6) is 0.232. The second kappa shape index (κ2) is 7.89. The monoisotopic (exact) mass is 421 g/mol. The largest absolute Gasteiger partial charge is 0.384 e. The lowest BCUT2D eigenvalue weighted by atomic mass is 9.99. The smallest absolute Gasteiger partial charge is 0.253 e. The van der Waals surface area contributed by atoms with Crippen molar-refractivity contribution in [3.8, 4) is 11.1 Å². The summed E-state index contributed by atoms with van der Waals surface area (Å²) in [6.45, 7) is 7.69. The van der Waals surface area contributed by atoms with Crippen LogP contribution in [-0.2, 0) is 13.1 Å². The van der Waals surface area contributed by atoms with Gasteiger partial charge in [0, 0.05) is 34.6 Å². The number of anilines is 1. The lowest BCUT2D eigenvalue weighted by Crippen LogP contribution is -2.23. The zero-order chi connectivity index (χ0) is 22.1. The van der Waals surface area contributed by atoms with Crippen molar-refractivity contribution in [2.45, 2.75) is 13.1 Å². The van der Waals surface area contributed by atoms with E-state index in [9.17, 15) is 4.79 Å². The first-order valence-electron chi connectivity index (χ1n) is 10.0. The molecule has 0 saturated carbocycles. The number of nitrogen functional groups attached to an aromatic ring is 1. The normalized spacial score (nSPS) is 11.0. The van der Waals surface area contributed by atoms with Crippen LogP contribution in [0.25, 0.3) is 37.8 Å². The van der Waals surface area contributed by atoms with E-state index in [4.69, 9.17) is 12.3 Å². The van der Waals surface area contributed by atoms with E-state index in [1.165, 1.54) is 0 Å². The predicted molar refractivity (Wildman–Crippen MR) is 124 cm³/mol. The van der Waals surface area contributed by atoms with Crippen LogP contribution >= 0.6 is 0 Å². The van der Waals surface area contributed by atoms with E-state index in [1.807, 2.05) is 48.7 Å². The summed E-state index contributed by atoms with van der Waals surface area (Å²) >= 11 is 0. The number of pyridine rings is 1. The molecule has 0 atom stereocenters. The first-order chi connectivity index (χ1) is 15.6. The topological polar surface area (TPSA) is 117 Å². The van der Waals surface area contributed by atoms with Gasteiger partial charge in [0.15, 0.2) is 0 Å². The predicted octanol–water partition coefficient (Wildman–Crippen LogP) is 4.04. The molecule has 0 aliphatic carbocycles. The zero-order valence-electron chi connectivity index (χ0n) is 17.0. The lowest BCUT2D eigenvalue weighted by Gasteiger charge is -2.09. The maximum absolute atomic E-state index is 13.1. The van der Waals surface area contributed by atoms with Crippen LogP contribution in [0.15, 0.2) is 61.1 Å². The molecule has 0 unspecified atom stereocenters. The molecule has 8 heteroatoms. The molecule has 156 valence electrons. The van der Waals surface area contributed by atoms with E-state index in [-0.39, 0.29) is 5.91 Å². The van der Waals surface area contributed by atoms with E-state index in [2.05, 4.69) is 30.3 Å². The third-order valence-corrected chi connectivity index (χ3v) is 5.43. The van der Waals surface area contributed by atoms with Gasteiger partial charge in [-0.15, -0.1) is 0 Å². The van der Waals surface area contributed by atoms with Crippen molar-refractivity contribution in [1.82, 2.24) is 25.5 Å². The molecular weight excluding hydrogens is 402 g/mol. The summed E-state index contributed by atoms with van der Waals surface area (Å²) in [5.41, 5.74) is 11.7. The van der Waals surface area contributed by atoms with Crippen LogP contribution in [0.3, 0.4) is 0 Å². The van der Waals surface area contributed by atoms with E-state index < -0.39 is 0 Å². The average Bonchev–Trinajstić information content (AvgIpc) is 3.44. The summed E-state index contributed by atoms with van der Waals surface area (Å²) in [5, 5.41) is 11.8. The van der Waals surface area contributed by atoms with E-state index in [0.717, 1.165) is 38.5 Å². The van der Waals surface area contributed by atoms with Crippen molar-refractivity contribution in [2.24, 2.45) is 0 Å². The van der Waals surface area contributed by atoms with Crippen molar-refractivity contribution in [1.29, 1.82) is 0 Å². The number of hydrogen-bond donors (Lipinski definition) is 4. The fourth-order valence-corrected chi connectivity index (χ4v) is 3.80. The average molecular weight is 421 g/mol. The van der Waals surface area contributed by atoms with Gasteiger partial charge in [0.1, 0.15) is 5.82 Å². The molecule has 8 nitrogen and oxygen atoms in total. The minimum atomic E-state index is -0.202. The molecule has 3 heterocycles. The Labute approximate surface area is 183 Å². The number of nitrogens with one attached hydrogen (secondary N) is 3. The maximum atomic E-state index is 13.1. The summed E-state index contributed by atoms with van der Waals surface area (Å²) in [7, 11) is 0. The number of amides is 1. The van der Waals surface area contributed by atoms with Gasteiger partial charge >= 0.3 is 0 Å². The van der Waals surface area contributed by atoms with Gasteiger partial charge in [-0.05, 0) is 29.3 Å². The lowest BCUT2D eigenvalue weighted by molar-refractivity contribution is 0.0952. The number of nitrogens with zero attached hydrogens (tertiary/aromatic N) is 3. The van der Waals surface area contributed by atoms with Gasteiger partial charge in [0.25, 0.3) is 5.91 Å². The molecule has 0 aliphatic rings. The highest BCUT2D eigenvalue weighted by atomic mass is 16.1. The minimum absolute atomic E-state index is 0.202. The standard InChI is InChI=1S/C24H19N7O/c1-26-9-14-2-4-15(5-3-14)10-29-24(32)19-7-16(6-17-11-30-31-23(17)19)20-12-27-21-13-28-22(25)8-18(20)21/h2-8,11-13,27H,9-10H2,(H2,25,28)(H,29,32)(H,30,31). The van der Waals surface area contributed by atoms with Gasteiger partial charge < -0.3 is 20.9 Å². The van der Waals surface area contributed by atoms with Gasteiger partial charge in [-0.25, -0.2) is 11.6 Å². The van der Waals surface area contributed by atoms with Crippen LogP contribution in [0, 0.1) is 6.57 Å². The first-order valence-corrected chi connectivity index (χ1v) is 10.0. The molecule has 0 aliphatic heterocycles. The molecule has 0 fully saturated rings. The highest BCUT2D eigenvalue weighted by Crippen LogP contribution is 2.32. The van der Waals surface area contributed by atoms with Crippen LogP contribution in [0.4, 0.5) is 5.82 Å². The van der Waals surface area contributed by atoms with E-state index in [1.54, 1.807) is 12.4 Å². The molecule has 5 N–H and O–H groups in total. The number of fused-ring (bicyclic) bond motifs is 2. The first kappa shape index (κ1) is 19.3. The van der Waals surface area contributed by atoms with Crippen LogP contribution in [-0.4, -0.2) is 26.1 Å². The van der Waals surface area contributed by atoms with Crippen molar-refractivity contribution in [3.05, 3.63) is 89.2 Å². The van der Waals surface area contributed by atoms with Gasteiger partial charge in [-0.2, -0.15) is 5.10 Å². The number of H-pyrrole nitrogens is 2. The SMILES string of the molecule is [C-]#[N+]Cc1ccc(CNC(=O)c2cc(-c3c[nH]c4cnc(N)cc34)cc3cn[nH]c23)cc1. The van der Waals surface area contributed by atoms with Crippen LogP contribution < -0.4 is 11.1 Å². The number of aromatic nitrogens is 4. The summed E-state index contributed by atoms with van der Waals surface area (Å²) in [6.07, 6.45) is 5.29. The Morgan fingerprint density at radius 3 is 2.75 bits per heavy atom. The molecule has 0 saturated heterocycles. The number of carbonyl (C=O) groups excluding carboxylic acids is 1. The minimum Gasteiger partial charge on any atom is -0.384 e. The summed E-state index contributed by atoms with van der Waals surface area (Å²) in [6, 6.07) is 13.3. The number of carbonyl (C=O) groups is 1. The molecule has 5 rings (SSSR count). The number of aromatic amines is 2. The van der Waals surface area contributed by atoms with Crippen molar-refractivity contribution in [3.63, 3.8) is 0 Å². The molecule has 0 spiro atoms. The Bertz CT molecular complexity index is 1490. The van der Waals surface area contributed by atoms with Crippen molar-refractivity contribution < 1.29 is 4.79 Å². The summed E-state index contributed by atoms with van der Waals surface area (Å²) < 4.78 is 0. The number of rotatable bonds is 5. The third kappa shape index (κ3) is 3.52. The fraction of sp³-hybridized carbons (Fsp3) is 0.0833. The molecule has 32 heavy (non-hydrogen) atoms. The second-order valence-electron chi connectivity index (χ2n) is 7.53. The molecule has 5 aromatic rings. The van der Waals surface area contributed by atoms with Crippen molar-refractivity contribution in [2.75, 3.05) is 5.73 Å². The maximum Gasteiger partial charge on any atom is 0.253 e. The Morgan fingerprint density at radius 2 is 1.94 bits per heavy atom. The Morgan fingerprint density at radius 1 is 1.12 bits per heavy atom. The highest BCUT2D eigenvalue weighted by Gasteiger charge is 2.16. The van der Waals surface area contributed by atoms with Crippen molar-refractivity contribution >= 4 is 33.5 Å². The second-order valence-corrected chi connectivity index (χ2v) is 7.53. The number of nitrogens with two attached hydrogens (primary N) is 1. The van der Waals surface area contributed by atoms with Crippen LogP contribution in [0.1, 0.15) is 21.5 Å². The van der Waals surface area contributed by atoms with E-state index >= 15 is 0 Å². The van der Waals surface area contributed by atoms with Gasteiger partial charge in [-0.1, -0.05) is 24.3 Å². The summed E-state index contributed by atoms with van der Waals surface area (Å²) in [4.78, 5) is 23.8. The number of hydrogen-bond acceptors (Lipinski definition) is 4. The molecular formula is C24H19N7O. The molecule has 1 amide bonds. The van der Waals surface area contributed by atoms with Gasteiger partial charge in [0.05, 0.1) is 29.0 Å². The molecule has 2 aromatic carbocycles. The molecule has 0 bridgehead atoms. The zero-order valence-corrected chi connectivity index (χ0v) is 17.0. The molecule has 0 radical (unpaired) electrons.